The van der Waals surface area contributed by atoms with Crippen LogP contribution in [0.15, 0.2) is 51.7 Å². The van der Waals surface area contributed by atoms with Gasteiger partial charge in [-0.3, -0.25) is 4.98 Å². The first kappa shape index (κ1) is 11.0. The Kier molecular flexibility index (Phi) is 2.85. The minimum atomic E-state index is 0.350. The largest absolute Gasteiger partial charge is 0.415 e. The molecule has 6 heteroatoms. The van der Waals surface area contributed by atoms with Gasteiger partial charge in [0.1, 0.15) is 10.3 Å². The molecule has 0 aliphatic heterocycles. The highest BCUT2D eigenvalue weighted by Gasteiger charge is 2.11. The van der Waals surface area contributed by atoms with Gasteiger partial charge in [-0.2, -0.15) is 0 Å². The van der Waals surface area contributed by atoms with Gasteiger partial charge in [-0.05, 0) is 28.1 Å². The fourth-order valence-electron chi connectivity index (χ4n) is 1.47. The van der Waals surface area contributed by atoms with Gasteiger partial charge in [-0.1, -0.05) is 18.2 Å². The normalized spacial score (nSPS) is 10.5. The van der Waals surface area contributed by atoms with Crippen LogP contribution in [0.3, 0.4) is 0 Å². The highest BCUT2D eigenvalue weighted by molar-refractivity contribution is 9.10. The second kappa shape index (κ2) is 4.66. The van der Waals surface area contributed by atoms with Crippen LogP contribution in [0.25, 0.3) is 23.0 Å². The Balaban J connectivity index is 2.00. The van der Waals surface area contributed by atoms with Gasteiger partial charge in [-0.15, -0.1) is 10.2 Å². The molecule has 0 saturated heterocycles. The molecule has 0 aliphatic carbocycles. The zero-order valence-electron chi connectivity index (χ0n) is 9.12. The van der Waals surface area contributed by atoms with E-state index in [9.17, 15) is 0 Å². The van der Waals surface area contributed by atoms with Gasteiger partial charge in [0.05, 0.1) is 12.4 Å². The maximum absolute atomic E-state index is 5.57. The summed E-state index contributed by atoms with van der Waals surface area (Å²) in [5.41, 5.74) is 1.42. The summed E-state index contributed by atoms with van der Waals surface area (Å²) in [4.78, 5) is 8.21. The lowest BCUT2D eigenvalue weighted by atomic mass is 10.2. The molecule has 2 aromatic heterocycles. The summed E-state index contributed by atoms with van der Waals surface area (Å²) in [5.74, 6) is 0.815. The van der Waals surface area contributed by atoms with Gasteiger partial charge in [0, 0.05) is 5.56 Å². The van der Waals surface area contributed by atoms with E-state index >= 15 is 0 Å². The molecule has 1 aromatic carbocycles. The Hall–Kier alpha value is -2.08. The monoisotopic (exact) mass is 302 g/mol. The van der Waals surface area contributed by atoms with Crippen molar-refractivity contribution in [1.29, 1.82) is 0 Å². The lowest BCUT2D eigenvalue weighted by Crippen LogP contribution is -1.86. The lowest BCUT2D eigenvalue weighted by molar-refractivity contribution is 0.581. The van der Waals surface area contributed by atoms with Crippen LogP contribution in [0.2, 0.25) is 0 Å². The molecule has 0 radical (unpaired) electrons. The number of hydrogen-bond acceptors (Lipinski definition) is 5. The minimum absolute atomic E-state index is 0.350. The fourth-order valence-corrected chi connectivity index (χ4v) is 1.78. The van der Waals surface area contributed by atoms with E-state index in [0.29, 0.717) is 22.1 Å². The van der Waals surface area contributed by atoms with E-state index in [-0.39, 0.29) is 0 Å². The van der Waals surface area contributed by atoms with E-state index in [4.69, 9.17) is 4.42 Å². The molecular weight excluding hydrogens is 296 g/mol. The molecular formula is C12H7BrN4O. The Bertz CT molecular complexity index is 669. The summed E-state index contributed by atoms with van der Waals surface area (Å²) in [7, 11) is 0. The van der Waals surface area contributed by atoms with Crippen molar-refractivity contribution in [3.63, 3.8) is 0 Å². The topological polar surface area (TPSA) is 64.7 Å². The van der Waals surface area contributed by atoms with Crippen LogP contribution in [0.5, 0.6) is 0 Å². The molecule has 2 heterocycles. The third-order valence-corrected chi connectivity index (χ3v) is 2.65. The first-order valence-corrected chi connectivity index (χ1v) is 5.99. The van der Waals surface area contributed by atoms with Crippen molar-refractivity contribution >= 4 is 15.9 Å². The van der Waals surface area contributed by atoms with Crippen LogP contribution in [-0.4, -0.2) is 20.2 Å². The van der Waals surface area contributed by atoms with Crippen LogP contribution in [-0.2, 0) is 0 Å². The van der Waals surface area contributed by atoms with Gasteiger partial charge in [0.2, 0.25) is 5.89 Å². The van der Waals surface area contributed by atoms with E-state index in [0.717, 1.165) is 5.56 Å². The van der Waals surface area contributed by atoms with Gasteiger partial charge in [0.25, 0.3) is 5.89 Å². The molecule has 18 heavy (non-hydrogen) atoms. The van der Waals surface area contributed by atoms with Crippen molar-refractivity contribution < 1.29 is 4.42 Å². The summed E-state index contributed by atoms with van der Waals surface area (Å²) in [6, 6.07) is 9.57. The van der Waals surface area contributed by atoms with Gasteiger partial charge in [0.15, 0.2) is 0 Å². The first-order valence-electron chi connectivity index (χ1n) is 5.20. The quantitative estimate of drug-likeness (QED) is 0.728. The van der Waals surface area contributed by atoms with E-state index < -0.39 is 0 Å². The average molecular weight is 303 g/mol. The molecule has 3 aromatic rings. The van der Waals surface area contributed by atoms with Crippen LogP contribution in [0.1, 0.15) is 0 Å². The summed E-state index contributed by atoms with van der Waals surface area (Å²) >= 11 is 3.25. The molecule has 88 valence electrons. The predicted molar refractivity (Wildman–Crippen MR) is 68.5 cm³/mol. The fraction of sp³-hybridized carbons (Fsp3) is 0. The van der Waals surface area contributed by atoms with Gasteiger partial charge < -0.3 is 4.42 Å². The third-order valence-electron chi connectivity index (χ3n) is 2.27. The Labute approximate surface area is 111 Å². The van der Waals surface area contributed by atoms with Gasteiger partial charge in [-0.25, -0.2) is 4.98 Å². The van der Waals surface area contributed by atoms with Crippen LogP contribution in [0, 0.1) is 0 Å². The van der Waals surface area contributed by atoms with Crippen LogP contribution < -0.4 is 0 Å². The lowest BCUT2D eigenvalue weighted by Gasteiger charge is -1.94. The second-order valence-electron chi connectivity index (χ2n) is 3.51. The van der Waals surface area contributed by atoms with Crippen molar-refractivity contribution in [3.8, 4) is 23.0 Å². The summed E-state index contributed by atoms with van der Waals surface area (Å²) in [6.07, 6.45) is 3.17. The van der Waals surface area contributed by atoms with Crippen molar-refractivity contribution in [2.75, 3.05) is 0 Å². The Morgan fingerprint density at radius 2 is 1.72 bits per heavy atom. The van der Waals surface area contributed by atoms with Crippen molar-refractivity contribution in [1.82, 2.24) is 20.2 Å². The number of benzene rings is 1. The molecule has 0 spiro atoms. The van der Waals surface area contributed by atoms with E-state index in [1.807, 2.05) is 30.3 Å². The van der Waals surface area contributed by atoms with E-state index in [1.165, 1.54) is 0 Å². The average Bonchev–Trinajstić information content (AvgIpc) is 2.89. The van der Waals surface area contributed by atoms with E-state index in [1.54, 1.807) is 12.4 Å². The molecule has 0 fully saturated rings. The van der Waals surface area contributed by atoms with Crippen LogP contribution in [0.4, 0.5) is 0 Å². The molecule has 0 atom stereocenters. The summed E-state index contributed by atoms with van der Waals surface area (Å²) in [5, 5.41) is 7.96. The minimum Gasteiger partial charge on any atom is -0.415 e. The maximum atomic E-state index is 5.57. The molecule has 0 unspecified atom stereocenters. The predicted octanol–water partition coefficient (Wildman–Crippen LogP) is 2.96. The van der Waals surface area contributed by atoms with E-state index in [2.05, 4.69) is 36.1 Å². The zero-order valence-corrected chi connectivity index (χ0v) is 10.7. The molecule has 0 bridgehead atoms. The Morgan fingerprint density at radius 3 is 2.50 bits per heavy atom. The molecule has 0 aliphatic rings. The van der Waals surface area contributed by atoms with Crippen LogP contribution >= 0.6 is 15.9 Å². The van der Waals surface area contributed by atoms with Gasteiger partial charge >= 0.3 is 0 Å². The summed E-state index contributed by atoms with van der Waals surface area (Å²) in [6.45, 7) is 0. The molecule has 0 amide bonds. The first-order chi connectivity index (χ1) is 8.83. The van der Waals surface area contributed by atoms with Crippen molar-refractivity contribution in [2.24, 2.45) is 0 Å². The molecule has 3 rings (SSSR count). The number of nitrogens with zero attached hydrogens (tertiary/aromatic N) is 4. The van der Waals surface area contributed by atoms with Crippen molar-refractivity contribution in [2.45, 2.75) is 0 Å². The number of hydrogen-bond donors (Lipinski definition) is 0. The van der Waals surface area contributed by atoms with Crippen molar-refractivity contribution in [3.05, 3.63) is 47.3 Å². The molecule has 0 N–H and O–H groups in total. The third kappa shape index (κ3) is 2.14. The summed E-state index contributed by atoms with van der Waals surface area (Å²) < 4.78 is 6.19. The highest BCUT2D eigenvalue weighted by atomic mass is 79.9. The molecule has 5 nitrogen and oxygen atoms in total. The smallest absolute Gasteiger partial charge is 0.268 e. The number of halogens is 1. The SMILES string of the molecule is Brc1cncc(-c2nnc(-c3ccccc3)o2)n1. The standard InChI is InChI=1S/C12H7BrN4O/c13-10-7-14-6-9(15-10)12-17-16-11(18-12)8-4-2-1-3-5-8/h1-7H. The number of rotatable bonds is 2. The zero-order chi connectivity index (χ0) is 12.4. The Morgan fingerprint density at radius 1 is 0.944 bits per heavy atom. The highest BCUT2D eigenvalue weighted by Crippen LogP contribution is 2.22. The number of aromatic nitrogens is 4. The molecule has 0 saturated carbocycles. The second-order valence-corrected chi connectivity index (χ2v) is 4.32. The maximum Gasteiger partial charge on any atom is 0.268 e.